The second kappa shape index (κ2) is 9.16. The van der Waals surface area contributed by atoms with E-state index in [1.54, 1.807) is 0 Å². The van der Waals surface area contributed by atoms with E-state index in [1.165, 1.54) is 0 Å². The molecule has 2 aliphatic rings. The van der Waals surface area contributed by atoms with Crippen LogP contribution in [0.3, 0.4) is 0 Å². The fourth-order valence-corrected chi connectivity index (χ4v) is 3.45. The molecule has 25 heavy (non-hydrogen) atoms. The number of carbonyl (C=O) groups is 1. The molecular weight excluding hydrogens is 316 g/mol. The molecule has 2 bridgehead atoms. The molecule has 0 radical (unpaired) electrons. The molecule has 2 aliphatic heterocycles. The topological polar surface area (TPSA) is 44.8 Å². The number of esters is 1. The number of benzene rings is 1. The van der Waals surface area contributed by atoms with E-state index in [0.717, 1.165) is 37.7 Å². The lowest BCUT2D eigenvalue weighted by Crippen LogP contribution is -2.41. The third kappa shape index (κ3) is 5.68. The maximum atomic E-state index is 12.3. The minimum Gasteiger partial charge on any atom is -0.463 e. The number of carbonyl (C=O) groups excluding carboxylic acids is 1. The van der Waals surface area contributed by atoms with Gasteiger partial charge in [-0.1, -0.05) is 42.5 Å². The lowest BCUT2D eigenvalue weighted by molar-refractivity contribution is -0.165. The van der Waals surface area contributed by atoms with Crippen LogP contribution in [0.15, 0.2) is 42.5 Å². The van der Waals surface area contributed by atoms with Crippen LogP contribution in [-0.2, 0) is 25.6 Å². The van der Waals surface area contributed by atoms with Gasteiger partial charge in [-0.05, 0) is 44.6 Å². The Balaban J connectivity index is 1.64. The molecule has 0 amide bonds. The summed E-state index contributed by atoms with van der Waals surface area (Å²) in [6.45, 7) is 2.50. The summed E-state index contributed by atoms with van der Waals surface area (Å²) in [5.74, 6) is -0.184. The molecule has 4 nitrogen and oxygen atoms in total. The first-order valence-electron chi connectivity index (χ1n) is 9.38. The van der Waals surface area contributed by atoms with Crippen LogP contribution in [0.2, 0.25) is 0 Å². The fraction of sp³-hybridized carbons (Fsp3) is 0.571. The van der Waals surface area contributed by atoms with E-state index in [1.807, 2.05) is 37.3 Å². The highest BCUT2D eigenvalue weighted by atomic mass is 16.6. The summed E-state index contributed by atoms with van der Waals surface area (Å²) in [5, 5.41) is 0. The van der Waals surface area contributed by atoms with Crippen molar-refractivity contribution in [1.29, 1.82) is 0 Å². The first-order chi connectivity index (χ1) is 12.2. The van der Waals surface area contributed by atoms with Gasteiger partial charge in [0.25, 0.3) is 0 Å². The molecule has 1 saturated heterocycles. The minimum atomic E-state index is -0.244. The number of allylic oxidation sites excluding steroid dienone is 1. The third-order valence-corrected chi connectivity index (χ3v) is 4.84. The largest absolute Gasteiger partial charge is 0.463 e. The quantitative estimate of drug-likeness (QED) is 0.609. The Morgan fingerprint density at radius 2 is 2.00 bits per heavy atom. The standard InChI is InChI=1S/C21H28O4/c1-16-8-4-2-7-11-18-12-13-19(20(25-18)14-21(22)24-16)23-15-17-9-5-3-6-10-17/h3,5-7,9-11,16,18-20H,2,4,8,12-15H2,1H3/b11-7-/t16-,18-,19-,20-/m0/s1. The summed E-state index contributed by atoms with van der Waals surface area (Å²) in [4.78, 5) is 12.3. The van der Waals surface area contributed by atoms with Crippen molar-refractivity contribution < 1.29 is 19.0 Å². The minimum absolute atomic E-state index is 0.0385. The highest BCUT2D eigenvalue weighted by Crippen LogP contribution is 2.27. The molecule has 1 aromatic rings. The van der Waals surface area contributed by atoms with Crippen molar-refractivity contribution in [2.75, 3.05) is 0 Å². The Hall–Kier alpha value is -1.65. The van der Waals surface area contributed by atoms with E-state index in [-0.39, 0.29) is 36.8 Å². The van der Waals surface area contributed by atoms with E-state index in [0.29, 0.717) is 6.61 Å². The predicted octanol–water partition coefficient (Wildman–Crippen LogP) is 4.18. The Morgan fingerprint density at radius 1 is 1.16 bits per heavy atom. The van der Waals surface area contributed by atoms with Crippen LogP contribution in [0.4, 0.5) is 0 Å². The molecule has 0 saturated carbocycles. The molecule has 1 fully saturated rings. The van der Waals surface area contributed by atoms with Crippen LogP contribution in [0.25, 0.3) is 0 Å². The highest BCUT2D eigenvalue weighted by Gasteiger charge is 2.33. The van der Waals surface area contributed by atoms with Crippen LogP contribution in [-0.4, -0.2) is 30.4 Å². The second-order valence-corrected chi connectivity index (χ2v) is 6.99. The van der Waals surface area contributed by atoms with Crippen molar-refractivity contribution >= 4 is 5.97 Å². The molecule has 0 N–H and O–H groups in total. The number of rotatable bonds is 3. The van der Waals surface area contributed by atoms with Gasteiger partial charge in [0.15, 0.2) is 0 Å². The van der Waals surface area contributed by atoms with Gasteiger partial charge in [-0.25, -0.2) is 0 Å². The average Bonchev–Trinajstić information content (AvgIpc) is 2.60. The van der Waals surface area contributed by atoms with E-state index in [2.05, 4.69) is 12.2 Å². The Morgan fingerprint density at radius 3 is 2.84 bits per heavy atom. The van der Waals surface area contributed by atoms with E-state index in [4.69, 9.17) is 14.2 Å². The monoisotopic (exact) mass is 344 g/mol. The van der Waals surface area contributed by atoms with Gasteiger partial charge in [-0.3, -0.25) is 4.79 Å². The van der Waals surface area contributed by atoms with Gasteiger partial charge in [0, 0.05) is 0 Å². The molecule has 0 spiro atoms. The molecule has 3 rings (SSSR count). The summed E-state index contributed by atoms with van der Waals surface area (Å²) in [5.41, 5.74) is 1.13. The van der Waals surface area contributed by atoms with Crippen molar-refractivity contribution in [1.82, 2.24) is 0 Å². The molecule has 1 aromatic carbocycles. The zero-order chi connectivity index (χ0) is 17.5. The lowest BCUT2D eigenvalue weighted by Gasteiger charge is -2.35. The molecule has 4 atom stereocenters. The lowest BCUT2D eigenvalue weighted by atomic mass is 9.97. The van der Waals surface area contributed by atoms with E-state index in [9.17, 15) is 4.79 Å². The van der Waals surface area contributed by atoms with Crippen LogP contribution < -0.4 is 0 Å². The predicted molar refractivity (Wildman–Crippen MR) is 96.1 cm³/mol. The Kier molecular flexibility index (Phi) is 6.65. The normalized spacial score (nSPS) is 32.1. The van der Waals surface area contributed by atoms with Crippen molar-refractivity contribution in [3.63, 3.8) is 0 Å². The molecule has 0 unspecified atom stereocenters. The molecule has 4 heteroatoms. The number of hydrogen-bond acceptors (Lipinski definition) is 4. The zero-order valence-corrected chi connectivity index (χ0v) is 14.9. The molecular formula is C21H28O4. The summed E-state index contributed by atoms with van der Waals surface area (Å²) in [6.07, 6.45) is 9.09. The number of cyclic esters (lactones) is 1. The van der Waals surface area contributed by atoms with Gasteiger partial charge in [0.2, 0.25) is 0 Å². The third-order valence-electron chi connectivity index (χ3n) is 4.84. The molecule has 2 heterocycles. The number of fused-ring (bicyclic) bond motifs is 2. The van der Waals surface area contributed by atoms with Gasteiger partial charge in [-0.2, -0.15) is 0 Å². The summed E-state index contributed by atoms with van der Waals surface area (Å²) in [6, 6.07) is 10.1. The highest BCUT2D eigenvalue weighted by molar-refractivity contribution is 5.70. The fourth-order valence-electron chi connectivity index (χ4n) is 3.45. The van der Waals surface area contributed by atoms with Crippen LogP contribution in [0, 0.1) is 0 Å². The Labute approximate surface area is 150 Å². The van der Waals surface area contributed by atoms with Gasteiger partial charge in [-0.15, -0.1) is 0 Å². The van der Waals surface area contributed by atoms with Crippen molar-refractivity contribution in [2.45, 2.75) is 76.5 Å². The molecule has 0 aliphatic carbocycles. The SMILES string of the molecule is C[C@H]1CCC/C=C\[C@H]2CC[C@H](OCc3ccccc3)[C@H](CC(=O)O1)O2. The first kappa shape index (κ1) is 18.2. The molecule has 0 aromatic heterocycles. The summed E-state index contributed by atoms with van der Waals surface area (Å²) >= 11 is 0. The summed E-state index contributed by atoms with van der Waals surface area (Å²) in [7, 11) is 0. The van der Waals surface area contributed by atoms with Crippen molar-refractivity contribution in [2.24, 2.45) is 0 Å². The maximum Gasteiger partial charge on any atom is 0.308 e. The maximum absolute atomic E-state index is 12.3. The van der Waals surface area contributed by atoms with Crippen molar-refractivity contribution in [3.05, 3.63) is 48.0 Å². The van der Waals surface area contributed by atoms with E-state index < -0.39 is 0 Å². The van der Waals surface area contributed by atoms with Gasteiger partial charge >= 0.3 is 5.97 Å². The van der Waals surface area contributed by atoms with Crippen molar-refractivity contribution in [3.8, 4) is 0 Å². The Bertz CT molecular complexity index is 569. The molecule has 136 valence electrons. The average molecular weight is 344 g/mol. The van der Waals surface area contributed by atoms with Gasteiger partial charge in [0.05, 0.1) is 37.4 Å². The first-order valence-corrected chi connectivity index (χ1v) is 9.38. The van der Waals surface area contributed by atoms with Crippen LogP contribution >= 0.6 is 0 Å². The second-order valence-electron chi connectivity index (χ2n) is 6.99. The number of ether oxygens (including phenoxy) is 3. The zero-order valence-electron chi connectivity index (χ0n) is 14.9. The van der Waals surface area contributed by atoms with Gasteiger partial charge in [0.1, 0.15) is 0 Å². The summed E-state index contributed by atoms with van der Waals surface area (Å²) < 4.78 is 17.8. The van der Waals surface area contributed by atoms with Crippen LogP contribution in [0.5, 0.6) is 0 Å². The van der Waals surface area contributed by atoms with Crippen LogP contribution in [0.1, 0.15) is 51.0 Å². The van der Waals surface area contributed by atoms with E-state index >= 15 is 0 Å². The smallest absolute Gasteiger partial charge is 0.308 e. The van der Waals surface area contributed by atoms with Gasteiger partial charge < -0.3 is 14.2 Å². The number of hydrogen-bond donors (Lipinski definition) is 0.